The summed E-state index contributed by atoms with van der Waals surface area (Å²) in [6, 6.07) is 7.51. The van der Waals surface area contributed by atoms with Gasteiger partial charge in [-0.05, 0) is 24.3 Å². The molecular formula is C8H12N2OS. The van der Waals surface area contributed by atoms with Crippen molar-refractivity contribution in [1.29, 1.82) is 0 Å². The van der Waals surface area contributed by atoms with Crippen LogP contribution in [0, 0.1) is 0 Å². The fourth-order valence-electron chi connectivity index (χ4n) is 0.681. The standard InChI is InChI=1S/C8H12N2OS/c9-5-6-11-12-8-3-1-7(10)2-4-8/h1-4H,5-6,9-10H2. The number of anilines is 1. The van der Waals surface area contributed by atoms with Gasteiger partial charge in [0.05, 0.1) is 6.61 Å². The van der Waals surface area contributed by atoms with Gasteiger partial charge in [0.25, 0.3) is 0 Å². The number of benzene rings is 1. The summed E-state index contributed by atoms with van der Waals surface area (Å²) >= 11 is 1.32. The molecule has 0 fully saturated rings. The minimum absolute atomic E-state index is 0.544. The van der Waals surface area contributed by atoms with Gasteiger partial charge in [0, 0.05) is 29.2 Å². The first-order chi connectivity index (χ1) is 5.83. The van der Waals surface area contributed by atoms with Gasteiger partial charge >= 0.3 is 0 Å². The zero-order valence-corrected chi connectivity index (χ0v) is 7.51. The zero-order valence-electron chi connectivity index (χ0n) is 6.69. The third-order valence-electron chi connectivity index (χ3n) is 1.24. The van der Waals surface area contributed by atoms with Crippen LogP contribution < -0.4 is 11.5 Å². The van der Waals surface area contributed by atoms with Crippen LogP contribution in [0.15, 0.2) is 29.2 Å². The van der Waals surface area contributed by atoms with Gasteiger partial charge in [-0.2, -0.15) is 0 Å². The van der Waals surface area contributed by atoms with E-state index in [1.54, 1.807) is 0 Å². The molecule has 0 amide bonds. The second kappa shape index (κ2) is 5.03. The van der Waals surface area contributed by atoms with E-state index in [-0.39, 0.29) is 0 Å². The maximum atomic E-state index is 5.51. The Labute approximate surface area is 76.3 Å². The summed E-state index contributed by atoms with van der Waals surface area (Å²) in [5, 5.41) is 0. The molecule has 4 N–H and O–H groups in total. The van der Waals surface area contributed by atoms with Gasteiger partial charge in [-0.25, -0.2) is 0 Å². The van der Waals surface area contributed by atoms with Crippen LogP contribution in [0.3, 0.4) is 0 Å². The quantitative estimate of drug-likeness (QED) is 0.420. The van der Waals surface area contributed by atoms with Gasteiger partial charge < -0.3 is 15.7 Å². The fraction of sp³-hybridized carbons (Fsp3) is 0.250. The number of rotatable bonds is 4. The minimum atomic E-state index is 0.544. The van der Waals surface area contributed by atoms with Gasteiger partial charge in [-0.1, -0.05) is 0 Å². The largest absolute Gasteiger partial charge is 0.399 e. The molecule has 0 aliphatic carbocycles. The average molecular weight is 184 g/mol. The van der Waals surface area contributed by atoms with Crippen LogP contribution >= 0.6 is 12.0 Å². The van der Waals surface area contributed by atoms with Crippen molar-refractivity contribution in [3.05, 3.63) is 24.3 Å². The molecule has 0 aromatic heterocycles. The first-order valence-electron chi connectivity index (χ1n) is 3.68. The lowest BCUT2D eigenvalue weighted by atomic mass is 10.3. The van der Waals surface area contributed by atoms with Crippen LogP contribution in [-0.4, -0.2) is 13.2 Å². The lowest BCUT2D eigenvalue weighted by Crippen LogP contribution is -2.04. The van der Waals surface area contributed by atoms with Crippen molar-refractivity contribution < 1.29 is 4.18 Å². The molecule has 0 unspecified atom stereocenters. The number of nitrogen functional groups attached to an aromatic ring is 1. The normalized spacial score (nSPS) is 10.1. The highest BCUT2D eigenvalue weighted by Crippen LogP contribution is 2.19. The molecule has 0 saturated carbocycles. The van der Waals surface area contributed by atoms with Gasteiger partial charge in [0.1, 0.15) is 0 Å². The number of hydrogen-bond acceptors (Lipinski definition) is 4. The Morgan fingerprint density at radius 2 is 1.92 bits per heavy atom. The molecular weight excluding hydrogens is 172 g/mol. The van der Waals surface area contributed by atoms with E-state index in [0.29, 0.717) is 13.2 Å². The molecule has 0 saturated heterocycles. The van der Waals surface area contributed by atoms with Crippen molar-refractivity contribution in [2.75, 3.05) is 18.9 Å². The van der Waals surface area contributed by atoms with E-state index in [1.807, 2.05) is 24.3 Å². The predicted molar refractivity (Wildman–Crippen MR) is 51.7 cm³/mol. The molecule has 0 atom stereocenters. The molecule has 0 aliphatic heterocycles. The van der Waals surface area contributed by atoms with Crippen molar-refractivity contribution in [2.45, 2.75) is 4.90 Å². The van der Waals surface area contributed by atoms with E-state index in [0.717, 1.165) is 10.6 Å². The van der Waals surface area contributed by atoms with Crippen LogP contribution in [0.5, 0.6) is 0 Å². The van der Waals surface area contributed by atoms with E-state index in [2.05, 4.69) is 0 Å². The molecule has 1 aromatic carbocycles. The van der Waals surface area contributed by atoms with Crippen LogP contribution in [0.2, 0.25) is 0 Å². The molecule has 1 rings (SSSR count). The van der Waals surface area contributed by atoms with E-state index in [9.17, 15) is 0 Å². The highest BCUT2D eigenvalue weighted by atomic mass is 32.2. The number of hydrogen-bond donors (Lipinski definition) is 2. The van der Waals surface area contributed by atoms with Gasteiger partial charge in [-0.15, -0.1) is 0 Å². The smallest absolute Gasteiger partial charge is 0.0741 e. The molecule has 66 valence electrons. The first kappa shape index (κ1) is 9.38. The van der Waals surface area contributed by atoms with Crippen molar-refractivity contribution in [3.63, 3.8) is 0 Å². The van der Waals surface area contributed by atoms with Gasteiger partial charge in [0.2, 0.25) is 0 Å². The Hall–Kier alpha value is -0.710. The van der Waals surface area contributed by atoms with Gasteiger partial charge in [0.15, 0.2) is 0 Å². The van der Waals surface area contributed by atoms with E-state index >= 15 is 0 Å². The molecule has 0 spiro atoms. The minimum Gasteiger partial charge on any atom is -0.399 e. The van der Waals surface area contributed by atoms with Crippen molar-refractivity contribution >= 4 is 17.7 Å². The molecule has 1 aromatic rings. The average Bonchev–Trinajstić information content (AvgIpc) is 2.09. The van der Waals surface area contributed by atoms with Crippen LogP contribution in [0.25, 0.3) is 0 Å². The van der Waals surface area contributed by atoms with Crippen molar-refractivity contribution in [1.82, 2.24) is 0 Å². The topological polar surface area (TPSA) is 61.3 Å². The summed E-state index contributed by atoms with van der Waals surface area (Å²) < 4.78 is 5.16. The third kappa shape index (κ3) is 3.13. The van der Waals surface area contributed by atoms with E-state index in [1.165, 1.54) is 12.0 Å². The second-order valence-electron chi connectivity index (χ2n) is 2.26. The fourth-order valence-corrected chi connectivity index (χ4v) is 1.24. The molecule has 0 heterocycles. The molecule has 12 heavy (non-hydrogen) atoms. The maximum Gasteiger partial charge on any atom is 0.0741 e. The molecule has 0 bridgehead atoms. The predicted octanol–water partition coefficient (Wildman–Crippen LogP) is 1.25. The van der Waals surface area contributed by atoms with Crippen molar-refractivity contribution in [2.24, 2.45) is 5.73 Å². The van der Waals surface area contributed by atoms with Gasteiger partial charge in [-0.3, -0.25) is 0 Å². The zero-order chi connectivity index (χ0) is 8.81. The first-order valence-corrected chi connectivity index (χ1v) is 4.42. The second-order valence-corrected chi connectivity index (χ2v) is 3.14. The van der Waals surface area contributed by atoms with Crippen LogP contribution in [0.1, 0.15) is 0 Å². The third-order valence-corrected chi connectivity index (χ3v) is 1.99. The Morgan fingerprint density at radius 1 is 1.25 bits per heavy atom. The summed E-state index contributed by atoms with van der Waals surface area (Å²) in [7, 11) is 0. The van der Waals surface area contributed by atoms with Crippen LogP contribution in [-0.2, 0) is 4.18 Å². The summed E-state index contributed by atoms with van der Waals surface area (Å²) in [6.45, 7) is 1.11. The van der Waals surface area contributed by atoms with Crippen LogP contribution in [0.4, 0.5) is 5.69 Å². The maximum absolute atomic E-state index is 5.51. The highest BCUT2D eigenvalue weighted by molar-refractivity contribution is 7.94. The summed E-state index contributed by atoms with van der Waals surface area (Å²) in [6.07, 6.45) is 0. The molecule has 3 nitrogen and oxygen atoms in total. The Balaban J connectivity index is 2.37. The Kier molecular flexibility index (Phi) is 3.93. The summed E-state index contributed by atoms with van der Waals surface area (Å²) in [5.41, 5.74) is 11.5. The summed E-state index contributed by atoms with van der Waals surface area (Å²) in [5.74, 6) is 0. The summed E-state index contributed by atoms with van der Waals surface area (Å²) in [4.78, 5) is 1.04. The monoisotopic (exact) mass is 184 g/mol. The molecule has 4 heteroatoms. The Bertz CT molecular complexity index is 225. The lowest BCUT2D eigenvalue weighted by molar-refractivity contribution is 0.386. The lowest BCUT2D eigenvalue weighted by Gasteiger charge is -2.00. The van der Waals surface area contributed by atoms with E-state index in [4.69, 9.17) is 15.7 Å². The highest BCUT2D eigenvalue weighted by Gasteiger charge is 1.92. The van der Waals surface area contributed by atoms with Crippen molar-refractivity contribution in [3.8, 4) is 0 Å². The molecule has 0 aliphatic rings. The molecule has 0 radical (unpaired) electrons. The van der Waals surface area contributed by atoms with E-state index < -0.39 is 0 Å². The Morgan fingerprint density at radius 3 is 2.50 bits per heavy atom. The SMILES string of the molecule is NCCOSc1ccc(N)cc1. The number of nitrogens with two attached hydrogens (primary N) is 2.